The Bertz CT molecular complexity index is 665. The van der Waals surface area contributed by atoms with Gasteiger partial charge >= 0.3 is 6.18 Å². The van der Waals surface area contributed by atoms with Gasteiger partial charge in [-0.05, 0) is 12.2 Å². The van der Waals surface area contributed by atoms with Crippen LogP contribution in [0.1, 0.15) is 11.3 Å². The van der Waals surface area contributed by atoms with Crippen molar-refractivity contribution in [1.82, 2.24) is 9.55 Å². The quantitative estimate of drug-likeness (QED) is 0.647. The Labute approximate surface area is 109 Å². The average Bonchev–Trinajstić information content (AvgIpc) is 2.62. The molecule has 0 atom stereocenters. The maximum Gasteiger partial charge on any atom is 0.431 e. The highest BCUT2D eigenvalue weighted by Crippen LogP contribution is 2.26. The van der Waals surface area contributed by atoms with E-state index in [1.165, 1.54) is 11.3 Å². The zero-order chi connectivity index (χ0) is 13.5. The van der Waals surface area contributed by atoms with E-state index in [0.717, 1.165) is 4.57 Å². The van der Waals surface area contributed by atoms with Gasteiger partial charge in [-0.25, -0.2) is 0 Å². The van der Waals surface area contributed by atoms with Gasteiger partial charge in [0.25, 0.3) is 0 Å². The summed E-state index contributed by atoms with van der Waals surface area (Å²) in [5, 5.41) is 4.47. The molecule has 2 aromatic rings. The first-order valence-corrected chi connectivity index (χ1v) is 5.99. The number of nitrogens with zero attached hydrogens (tertiary/aromatic N) is 1. The predicted octanol–water partition coefficient (Wildman–Crippen LogP) is 3.08. The number of halogens is 3. The Kier molecular flexibility index (Phi) is 3.16. The lowest BCUT2D eigenvalue weighted by Gasteiger charge is -2.14. The monoisotopic (exact) mass is 291 g/mol. The van der Waals surface area contributed by atoms with Crippen LogP contribution in [0.25, 0.3) is 5.69 Å². The minimum Gasteiger partial charge on any atom is -0.329 e. The number of H-pyrrole nitrogens is 1. The second-order valence-corrected chi connectivity index (χ2v) is 4.57. The normalized spacial score (nSPS) is 11.8. The summed E-state index contributed by atoms with van der Waals surface area (Å²) >= 11 is 6.02. The highest BCUT2D eigenvalue weighted by atomic mass is 32.1. The second-order valence-electron chi connectivity index (χ2n) is 3.51. The first-order chi connectivity index (χ1) is 8.30. The number of aromatic nitrogens is 2. The third-order valence-corrected chi connectivity index (χ3v) is 3.30. The standard InChI is InChI=1S/C10H6F3N2OS2/c1-5-3-18-4-6(5)15-8(16)2-7(10(11,12)13)14-9(15)17/h2,4H,1H3,(H,14,17)/q-1. The minimum absolute atomic E-state index is 0.287. The molecule has 0 fully saturated rings. The number of nitrogens with one attached hydrogen (secondary N) is 1. The van der Waals surface area contributed by atoms with Gasteiger partial charge in [-0.1, -0.05) is 12.6 Å². The van der Waals surface area contributed by atoms with E-state index in [-0.39, 0.29) is 4.77 Å². The predicted molar refractivity (Wildman–Crippen MR) is 63.7 cm³/mol. The molecule has 18 heavy (non-hydrogen) atoms. The molecule has 0 bridgehead atoms. The summed E-state index contributed by atoms with van der Waals surface area (Å²) in [6.07, 6.45) is -4.62. The molecule has 0 saturated carbocycles. The summed E-state index contributed by atoms with van der Waals surface area (Å²) in [7, 11) is 0. The van der Waals surface area contributed by atoms with Gasteiger partial charge in [0.15, 0.2) is 4.77 Å². The van der Waals surface area contributed by atoms with Crippen molar-refractivity contribution in [2.45, 2.75) is 13.1 Å². The summed E-state index contributed by atoms with van der Waals surface area (Å²) in [6, 6.07) is 0.493. The third-order valence-electron chi connectivity index (χ3n) is 2.25. The molecule has 0 aliphatic heterocycles. The highest BCUT2D eigenvalue weighted by molar-refractivity contribution is 7.71. The number of alkyl halides is 3. The molecule has 0 aliphatic carbocycles. The molecule has 0 aliphatic rings. The maximum atomic E-state index is 12.5. The van der Waals surface area contributed by atoms with Crippen molar-refractivity contribution in [3.63, 3.8) is 0 Å². The molecular formula is C10H6F3N2OS2-. The molecule has 2 rings (SSSR count). The molecule has 1 N–H and O–H groups in total. The number of thiophene rings is 1. The Balaban J connectivity index is 2.71. The van der Waals surface area contributed by atoms with E-state index in [1.54, 1.807) is 12.3 Å². The van der Waals surface area contributed by atoms with Crippen LogP contribution in [-0.4, -0.2) is 9.55 Å². The molecule has 0 unspecified atom stereocenters. The average molecular weight is 291 g/mol. The zero-order valence-corrected chi connectivity index (χ0v) is 10.6. The van der Waals surface area contributed by atoms with E-state index in [4.69, 9.17) is 12.2 Å². The molecule has 2 aromatic heterocycles. The first kappa shape index (κ1) is 13.0. The minimum atomic E-state index is -4.62. The molecule has 0 amide bonds. The maximum absolute atomic E-state index is 12.5. The van der Waals surface area contributed by atoms with Crippen LogP contribution in [0.5, 0.6) is 0 Å². The van der Waals surface area contributed by atoms with Gasteiger partial charge in [-0.3, -0.25) is 4.79 Å². The van der Waals surface area contributed by atoms with E-state index in [0.29, 0.717) is 17.3 Å². The van der Waals surface area contributed by atoms with Crippen molar-refractivity contribution in [1.29, 1.82) is 0 Å². The van der Waals surface area contributed by atoms with Crippen LogP contribution in [0.3, 0.4) is 0 Å². The summed E-state index contributed by atoms with van der Waals surface area (Å²) < 4.78 is 38.1. The summed E-state index contributed by atoms with van der Waals surface area (Å²) in [6.45, 7) is 1.70. The Hall–Kier alpha value is -1.41. The molecule has 2 heterocycles. The van der Waals surface area contributed by atoms with Gasteiger partial charge in [-0.2, -0.15) is 13.2 Å². The van der Waals surface area contributed by atoms with Crippen molar-refractivity contribution in [3.8, 4) is 5.69 Å². The van der Waals surface area contributed by atoms with E-state index >= 15 is 0 Å². The van der Waals surface area contributed by atoms with Crippen LogP contribution in [0.2, 0.25) is 0 Å². The van der Waals surface area contributed by atoms with Crippen molar-refractivity contribution < 1.29 is 13.2 Å². The van der Waals surface area contributed by atoms with Crippen molar-refractivity contribution >= 4 is 23.6 Å². The smallest absolute Gasteiger partial charge is 0.329 e. The fourth-order valence-electron chi connectivity index (χ4n) is 1.41. The van der Waals surface area contributed by atoms with E-state index in [2.05, 4.69) is 5.38 Å². The Morgan fingerprint density at radius 3 is 2.61 bits per heavy atom. The molecule has 8 heteroatoms. The lowest BCUT2D eigenvalue weighted by molar-refractivity contribution is -0.141. The Morgan fingerprint density at radius 1 is 1.50 bits per heavy atom. The van der Waals surface area contributed by atoms with Gasteiger partial charge in [-0.15, -0.1) is 16.3 Å². The van der Waals surface area contributed by atoms with Gasteiger partial charge in [0, 0.05) is 6.07 Å². The number of aryl methyl sites for hydroxylation is 1. The molecule has 96 valence electrons. The number of hydrogen-bond donors (Lipinski definition) is 1. The topological polar surface area (TPSA) is 37.8 Å². The van der Waals surface area contributed by atoms with E-state index in [1.807, 2.05) is 4.98 Å². The van der Waals surface area contributed by atoms with Crippen LogP contribution in [0.15, 0.2) is 16.2 Å². The van der Waals surface area contributed by atoms with Crippen molar-refractivity contribution in [2.75, 3.05) is 0 Å². The van der Waals surface area contributed by atoms with Crippen molar-refractivity contribution in [2.24, 2.45) is 0 Å². The lowest BCUT2D eigenvalue weighted by atomic mass is 10.3. The molecule has 0 saturated heterocycles. The largest absolute Gasteiger partial charge is 0.431 e. The number of rotatable bonds is 1. The van der Waals surface area contributed by atoms with Crippen LogP contribution in [0.4, 0.5) is 13.2 Å². The zero-order valence-electron chi connectivity index (χ0n) is 8.96. The molecule has 0 radical (unpaired) electrons. The fourth-order valence-corrected chi connectivity index (χ4v) is 2.44. The van der Waals surface area contributed by atoms with Gasteiger partial charge in [0.1, 0.15) is 5.69 Å². The SMILES string of the molecule is Cc1[c-]scc1-n1c(=O)cc(C(F)(F)F)[nH]c1=S. The van der Waals surface area contributed by atoms with E-state index < -0.39 is 17.4 Å². The third kappa shape index (κ3) is 2.25. The van der Waals surface area contributed by atoms with Gasteiger partial charge in [0.2, 0.25) is 5.56 Å². The first-order valence-electron chi connectivity index (χ1n) is 4.70. The molecular weight excluding hydrogens is 285 g/mol. The van der Waals surface area contributed by atoms with Crippen LogP contribution in [0, 0.1) is 17.1 Å². The summed E-state index contributed by atoms with van der Waals surface area (Å²) in [5.41, 5.74) is -0.868. The molecule has 0 spiro atoms. The number of aromatic amines is 1. The second kappa shape index (κ2) is 4.36. The van der Waals surface area contributed by atoms with Crippen LogP contribution in [-0.2, 0) is 6.18 Å². The summed E-state index contributed by atoms with van der Waals surface area (Å²) in [5.74, 6) is 0. The van der Waals surface area contributed by atoms with Crippen LogP contribution >= 0.6 is 23.6 Å². The summed E-state index contributed by atoms with van der Waals surface area (Å²) in [4.78, 5) is 13.7. The van der Waals surface area contributed by atoms with Gasteiger partial charge in [0.05, 0.1) is 0 Å². The Morgan fingerprint density at radius 2 is 2.17 bits per heavy atom. The van der Waals surface area contributed by atoms with E-state index in [9.17, 15) is 18.0 Å². The number of hydrogen-bond acceptors (Lipinski definition) is 3. The lowest BCUT2D eigenvalue weighted by Crippen LogP contribution is -2.23. The fraction of sp³-hybridized carbons (Fsp3) is 0.200. The highest BCUT2D eigenvalue weighted by Gasteiger charge is 2.32. The molecule has 3 nitrogen and oxygen atoms in total. The van der Waals surface area contributed by atoms with Gasteiger partial charge < -0.3 is 20.9 Å². The van der Waals surface area contributed by atoms with Crippen molar-refractivity contribution in [3.05, 3.63) is 43.2 Å². The molecule has 0 aromatic carbocycles. The van der Waals surface area contributed by atoms with Crippen LogP contribution < -0.4 is 5.56 Å².